The van der Waals surface area contributed by atoms with Crippen molar-refractivity contribution in [3.8, 4) is 0 Å². The van der Waals surface area contributed by atoms with Gasteiger partial charge in [-0.1, -0.05) is 6.58 Å². The molecule has 0 aliphatic carbocycles. The molecule has 0 N–H and O–H groups in total. The fourth-order valence-electron chi connectivity index (χ4n) is 0.752. The zero-order valence-electron chi connectivity index (χ0n) is 11.2. The molecule has 0 aromatic carbocycles. The van der Waals surface area contributed by atoms with E-state index in [1.165, 1.54) is 0 Å². The number of rotatable bonds is 7. The van der Waals surface area contributed by atoms with Crippen LogP contribution in [0.5, 0.6) is 0 Å². The van der Waals surface area contributed by atoms with Crippen LogP contribution in [0.3, 0.4) is 0 Å². The Morgan fingerprint density at radius 2 is 1.88 bits per heavy atom. The lowest BCUT2D eigenvalue weighted by molar-refractivity contribution is -0.353. The van der Waals surface area contributed by atoms with Crippen molar-refractivity contribution in [1.82, 2.24) is 0 Å². The Morgan fingerprint density at radius 3 is 2.35 bits per heavy atom. The lowest BCUT2D eigenvalue weighted by Crippen LogP contribution is -2.23. The Bertz CT molecular complexity index is 254. The SMILES string of the molecule is C=C(C)C(=O)OC(C)OCCOOC(C)(C)C. The maximum absolute atomic E-state index is 11.1. The van der Waals surface area contributed by atoms with Gasteiger partial charge in [-0.25, -0.2) is 14.6 Å². The highest BCUT2D eigenvalue weighted by atomic mass is 17.2. The van der Waals surface area contributed by atoms with E-state index in [2.05, 4.69) is 6.58 Å². The molecule has 0 fully saturated rings. The third kappa shape index (κ3) is 9.99. The van der Waals surface area contributed by atoms with Crippen LogP contribution in [0.25, 0.3) is 0 Å². The zero-order chi connectivity index (χ0) is 13.5. The normalized spacial score (nSPS) is 13.2. The monoisotopic (exact) mass is 246 g/mol. The van der Waals surface area contributed by atoms with Crippen LogP contribution in [-0.2, 0) is 24.0 Å². The van der Waals surface area contributed by atoms with Crippen LogP contribution in [0.1, 0.15) is 34.6 Å². The van der Waals surface area contributed by atoms with Crippen molar-refractivity contribution >= 4 is 5.97 Å². The molecule has 0 saturated carbocycles. The van der Waals surface area contributed by atoms with E-state index in [0.717, 1.165) is 0 Å². The van der Waals surface area contributed by atoms with E-state index in [9.17, 15) is 4.79 Å². The maximum atomic E-state index is 11.1. The van der Waals surface area contributed by atoms with E-state index in [-0.39, 0.29) is 18.8 Å². The summed E-state index contributed by atoms with van der Waals surface area (Å²) in [7, 11) is 0. The first kappa shape index (κ1) is 16.1. The Kier molecular flexibility index (Phi) is 7.03. The second-order valence-corrected chi connectivity index (χ2v) is 4.64. The minimum absolute atomic E-state index is 0.270. The molecule has 1 unspecified atom stereocenters. The molecule has 1 atom stereocenters. The lowest BCUT2D eigenvalue weighted by Gasteiger charge is -2.18. The molecule has 0 aromatic rings. The Morgan fingerprint density at radius 1 is 1.29 bits per heavy atom. The van der Waals surface area contributed by atoms with E-state index < -0.39 is 12.3 Å². The number of carbonyl (C=O) groups excluding carboxylic acids is 1. The number of carbonyl (C=O) groups is 1. The lowest BCUT2D eigenvalue weighted by atomic mass is 10.2. The molecule has 0 aromatic heterocycles. The second kappa shape index (κ2) is 7.42. The van der Waals surface area contributed by atoms with Crippen LogP contribution >= 0.6 is 0 Å². The van der Waals surface area contributed by atoms with E-state index >= 15 is 0 Å². The summed E-state index contributed by atoms with van der Waals surface area (Å²) in [6.45, 7) is 12.9. The fraction of sp³-hybridized carbons (Fsp3) is 0.750. The standard InChI is InChI=1S/C12H22O5/c1-9(2)11(13)16-10(3)14-7-8-15-17-12(4,5)6/h10H,1,7-8H2,2-6H3. The Balaban J connectivity index is 3.55. The average Bonchev–Trinajstić information content (AvgIpc) is 2.15. The first-order valence-electron chi connectivity index (χ1n) is 5.51. The topological polar surface area (TPSA) is 54.0 Å². The summed E-state index contributed by atoms with van der Waals surface area (Å²) in [5, 5.41) is 0. The van der Waals surface area contributed by atoms with Crippen LogP contribution < -0.4 is 0 Å². The maximum Gasteiger partial charge on any atom is 0.335 e. The highest BCUT2D eigenvalue weighted by Gasteiger charge is 2.12. The van der Waals surface area contributed by atoms with Crippen LogP contribution in [0.15, 0.2) is 12.2 Å². The van der Waals surface area contributed by atoms with Gasteiger partial charge in [0.15, 0.2) is 0 Å². The van der Waals surface area contributed by atoms with Gasteiger partial charge in [-0.2, -0.15) is 0 Å². The highest BCUT2D eigenvalue weighted by molar-refractivity contribution is 5.86. The minimum atomic E-state index is -0.627. The molecular weight excluding hydrogens is 224 g/mol. The van der Waals surface area contributed by atoms with Crippen molar-refractivity contribution in [1.29, 1.82) is 0 Å². The van der Waals surface area contributed by atoms with Crippen molar-refractivity contribution in [2.45, 2.75) is 46.5 Å². The van der Waals surface area contributed by atoms with Crippen LogP contribution in [-0.4, -0.2) is 31.1 Å². The molecule has 0 aliphatic heterocycles. The second-order valence-electron chi connectivity index (χ2n) is 4.64. The number of ether oxygens (including phenoxy) is 2. The van der Waals surface area contributed by atoms with E-state index in [1.807, 2.05) is 20.8 Å². The van der Waals surface area contributed by atoms with Gasteiger partial charge in [-0.15, -0.1) is 0 Å². The molecule has 5 heteroatoms. The summed E-state index contributed by atoms with van der Waals surface area (Å²) in [6, 6.07) is 0. The molecule has 0 aliphatic rings. The van der Waals surface area contributed by atoms with Crippen molar-refractivity contribution in [2.75, 3.05) is 13.2 Å². The molecule has 5 nitrogen and oxygen atoms in total. The summed E-state index contributed by atoms with van der Waals surface area (Å²) >= 11 is 0. The van der Waals surface area contributed by atoms with Gasteiger partial charge in [-0.3, -0.25) is 0 Å². The number of hydrogen-bond donors (Lipinski definition) is 0. The summed E-state index contributed by atoms with van der Waals surface area (Å²) in [4.78, 5) is 21.1. The smallest absolute Gasteiger partial charge is 0.335 e. The molecule has 0 amide bonds. The predicted octanol–water partition coefficient (Wildman–Crippen LogP) is 2.21. The van der Waals surface area contributed by atoms with E-state index in [1.54, 1.807) is 13.8 Å². The predicted molar refractivity (Wildman–Crippen MR) is 63.1 cm³/mol. The van der Waals surface area contributed by atoms with Crippen LogP contribution in [0.4, 0.5) is 0 Å². The molecular formula is C12H22O5. The van der Waals surface area contributed by atoms with Gasteiger partial charge in [0.05, 0.1) is 12.2 Å². The molecule has 0 saturated heterocycles. The van der Waals surface area contributed by atoms with Gasteiger partial charge in [0.1, 0.15) is 6.61 Å². The molecule has 0 spiro atoms. The van der Waals surface area contributed by atoms with E-state index in [4.69, 9.17) is 19.2 Å². The summed E-state index contributed by atoms with van der Waals surface area (Å²) in [6.07, 6.45) is -0.627. The molecule has 17 heavy (non-hydrogen) atoms. The first-order valence-corrected chi connectivity index (χ1v) is 5.51. The van der Waals surface area contributed by atoms with Crippen molar-refractivity contribution in [2.24, 2.45) is 0 Å². The van der Waals surface area contributed by atoms with Gasteiger partial charge < -0.3 is 9.47 Å². The summed E-state index contributed by atoms with van der Waals surface area (Å²) in [5.74, 6) is -0.468. The fourth-order valence-corrected chi connectivity index (χ4v) is 0.752. The van der Waals surface area contributed by atoms with Gasteiger partial charge in [0, 0.05) is 5.57 Å². The zero-order valence-corrected chi connectivity index (χ0v) is 11.2. The van der Waals surface area contributed by atoms with Crippen molar-refractivity contribution in [3.63, 3.8) is 0 Å². The van der Waals surface area contributed by atoms with Gasteiger partial charge in [0.25, 0.3) is 0 Å². The summed E-state index contributed by atoms with van der Waals surface area (Å²) in [5.41, 5.74) is -0.00865. The number of esters is 1. The van der Waals surface area contributed by atoms with Crippen LogP contribution in [0, 0.1) is 0 Å². The van der Waals surface area contributed by atoms with Gasteiger partial charge in [-0.05, 0) is 34.6 Å². The largest absolute Gasteiger partial charge is 0.433 e. The van der Waals surface area contributed by atoms with Crippen molar-refractivity contribution in [3.05, 3.63) is 12.2 Å². The molecule has 0 heterocycles. The van der Waals surface area contributed by atoms with Crippen molar-refractivity contribution < 1.29 is 24.0 Å². The quantitative estimate of drug-likeness (QED) is 0.172. The third-order valence-electron chi connectivity index (χ3n) is 1.45. The van der Waals surface area contributed by atoms with Gasteiger partial charge >= 0.3 is 5.97 Å². The Hall–Kier alpha value is -0.910. The average molecular weight is 246 g/mol. The highest BCUT2D eigenvalue weighted by Crippen LogP contribution is 2.06. The Labute approximate surface area is 103 Å². The van der Waals surface area contributed by atoms with Gasteiger partial charge in [0.2, 0.25) is 6.29 Å². The van der Waals surface area contributed by atoms with E-state index in [0.29, 0.717) is 5.57 Å². The summed E-state index contributed by atoms with van der Waals surface area (Å²) < 4.78 is 10.1. The molecule has 0 radical (unpaired) electrons. The molecule has 0 rings (SSSR count). The third-order valence-corrected chi connectivity index (χ3v) is 1.45. The number of hydrogen-bond acceptors (Lipinski definition) is 5. The minimum Gasteiger partial charge on any atom is -0.433 e. The van der Waals surface area contributed by atoms with Crippen LogP contribution in [0.2, 0.25) is 0 Å². The molecule has 0 bridgehead atoms. The molecule has 100 valence electrons. The first-order chi connectivity index (χ1) is 7.72.